The molecule has 0 saturated carbocycles. The Bertz CT molecular complexity index is 590. The average molecular weight is 254 g/mol. The summed E-state index contributed by atoms with van der Waals surface area (Å²) in [6.45, 7) is 9.08. The van der Waals surface area contributed by atoms with Gasteiger partial charge >= 0.3 is 0 Å². The third-order valence-electron chi connectivity index (χ3n) is 4.15. The Morgan fingerprint density at radius 3 is 2.79 bits per heavy atom. The summed E-state index contributed by atoms with van der Waals surface area (Å²) in [5, 5.41) is 6.12. The number of hydrogen-bond donors (Lipinski definition) is 1. The topological polar surface area (TPSA) is 24.9 Å². The number of benzene rings is 1. The summed E-state index contributed by atoms with van der Waals surface area (Å²) in [5.74, 6) is 0.633. The van der Waals surface area contributed by atoms with Gasteiger partial charge in [-0.1, -0.05) is 32.9 Å². The fourth-order valence-electron chi connectivity index (χ4n) is 2.92. The number of fused-ring (bicyclic) bond motifs is 1. The first-order valence-corrected chi connectivity index (χ1v) is 7.14. The molecule has 3 rings (SSSR count). The first-order valence-electron chi connectivity index (χ1n) is 7.14. The van der Waals surface area contributed by atoms with Gasteiger partial charge in [-0.05, 0) is 46.9 Å². The lowest BCUT2D eigenvalue weighted by Crippen LogP contribution is -2.13. The predicted molar refractivity (Wildman–Crippen MR) is 80.7 cm³/mol. The van der Waals surface area contributed by atoms with Gasteiger partial charge in [0, 0.05) is 24.3 Å². The maximum Gasteiger partial charge on any atom is 0.0349 e. The molecule has 1 atom stereocenters. The van der Waals surface area contributed by atoms with Gasteiger partial charge in [-0.15, -0.1) is 0 Å². The molecule has 0 bridgehead atoms. The van der Waals surface area contributed by atoms with Crippen molar-refractivity contribution in [3.63, 3.8) is 0 Å². The first kappa shape index (κ1) is 12.6. The minimum absolute atomic E-state index is 0.193. The van der Waals surface area contributed by atoms with Crippen LogP contribution in [0.25, 0.3) is 10.8 Å². The molecule has 1 unspecified atom stereocenters. The van der Waals surface area contributed by atoms with Crippen LogP contribution in [-0.2, 0) is 5.41 Å². The van der Waals surface area contributed by atoms with Gasteiger partial charge in [0.1, 0.15) is 0 Å². The van der Waals surface area contributed by atoms with Crippen molar-refractivity contribution < 1.29 is 0 Å². The Labute approximate surface area is 115 Å². The number of nitrogens with zero attached hydrogens (tertiary/aromatic N) is 1. The van der Waals surface area contributed by atoms with Crippen LogP contribution in [0.1, 0.15) is 44.2 Å². The van der Waals surface area contributed by atoms with E-state index in [2.05, 4.69) is 49.3 Å². The molecule has 1 fully saturated rings. The highest BCUT2D eigenvalue weighted by molar-refractivity contribution is 5.86. The zero-order valence-corrected chi connectivity index (χ0v) is 12.0. The van der Waals surface area contributed by atoms with Gasteiger partial charge in [0.25, 0.3) is 0 Å². The summed E-state index contributed by atoms with van der Waals surface area (Å²) in [4.78, 5) is 4.32. The lowest BCUT2D eigenvalue weighted by molar-refractivity contribution is 0.589. The molecule has 100 valence electrons. The summed E-state index contributed by atoms with van der Waals surface area (Å²) in [5.41, 5.74) is 3.09. The number of pyridine rings is 1. The lowest BCUT2D eigenvalue weighted by Gasteiger charge is -2.23. The Morgan fingerprint density at radius 1 is 1.26 bits per heavy atom. The SMILES string of the molecule is CC(C)(C)c1cc(C2CCNC2)c2cnccc2c1. The van der Waals surface area contributed by atoms with E-state index in [1.165, 1.54) is 28.3 Å². The van der Waals surface area contributed by atoms with Crippen LogP contribution in [-0.4, -0.2) is 18.1 Å². The van der Waals surface area contributed by atoms with Crippen molar-refractivity contribution in [2.45, 2.75) is 38.5 Å². The van der Waals surface area contributed by atoms with Crippen molar-refractivity contribution in [2.75, 3.05) is 13.1 Å². The summed E-state index contributed by atoms with van der Waals surface area (Å²) in [6.07, 6.45) is 5.15. The second-order valence-corrected chi connectivity index (χ2v) is 6.60. The highest BCUT2D eigenvalue weighted by atomic mass is 14.9. The van der Waals surface area contributed by atoms with Gasteiger partial charge in [-0.2, -0.15) is 0 Å². The minimum atomic E-state index is 0.193. The van der Waals surface area contributed by atoms with E-state index in [-0.39, 0.29) is 5.41 Å². The van der Waals surface area contributed by atoms with Gasteiger partial charge in [0.2, 0.25) is 0 Å². The van der Waals surface area contributed by atoms with Crippen LogP contribution in [0.5, 0.6) is 0 Å². The molecule has 0 aliphatic carbocycles. The third kappa shape index (κ3) is 2.37. The van der Waals surface area contributed by atoms with Crippen molar-refractivity contribution in [1.29, 1.82) is 0 Å². The second-order valence-electron chi connectivity index (χ2n) is 6.60. The van der Waals surface area contributed by atoms with Gasteiger partial charge in [0.05, 0.1) is 0 Å². The molecule has 1 saturated heterocycles. The molecule has 0 spiro atoms. The normalized spacial score (nSPS) is 20.1. The van der Waals surface area contributed by atoms with E-state index in [0.717, 1.165) is 13.1 Å². The van der Waals surface area contributed by atoms with Crippen molar-refractivity contribution in [3.05, 3.63) is 41.7 Å². The molecule has 1 aliphatic rings. The second kappa shape index (κ2) is 4.61. The fraction of sp³-hybridized carbons (Fsp3) is 0.471. The Balaban J connectivity index is 2.21. The van der Waals surface area contributed by atoms with Gasteiger partial charge < -0.3 is 5.32 Å². The van der Waals surface area contributed by atoms with E-state index >= 15 is 0 Å². The largest absolute Gasteiger partial charge is 0.316 e. The van der Waals surface area contributed by atoms with E-state index in [4.69, 9.17) is 0 Å². The lowest BCUT2D eigenvalue weighted by atomic mass is 9.82. The quantitative estimate of drug-likeness (QED) is 0.841. The molecule has 2 heterocycles. The van der Waals surface area contributed by atoms with Crippen LogP contribution in [0.4, 0.5) is 0 Å². The van der Waals surface area contributed by atoms with Crippen molar-refractivity contribution in [1.82, 2.24) is 10.3 Å². The molecule has 0 amide bonds. The summed E-state index contributed by atoms with van der Waals surface area (Å²) in [7, 11) is 0. The van der Waals surface area contributed by atoms with Crippen LogP contribution in [0, 0.1) is 0 Å². The van der Waals surface area contributed by atoms with Gasteiger partial charge in [-0.25, -0.2) is 0 Å². The molecular formula is C17H22N2. The molecule has 2 heteroatoms. The third-order valence-corrected chi connectivity index (χ3v) is 4.15. The molecule has 0 radical (unpaired) electrons. The molecule has 1 aromatic heterocycles. The smallest absolute Gasteiger partial charge is 0.0349 e. The van der Waals surface area contributed by atoms with Crippen LogP contribution >= 0.6 is 0 Å². The number of hydrogen-bond acceptors (Lipinski definition) is 2. The number of rotatable bonds is 1. The maximum atomic E-state index is 4.32. The molecule has 2 nitrogen and oxygen atoms in total. The van der Waals surface area contributed by atoms with E-state index in [0.29, 0.717) is 5.92 Å². The summed E-state index contributed by atoms with van der Waals surface area (Å²) >= 11 is 0. The average Bonchev–Trinajstić information content (AvgIpc) is 2.90. The molecule has 1 aromatic carbocycles. The zero-order valence-electron chi connectivity index (χ0n) is 12.0. The highest BCUT2D eigenvalue weighted by Crippen LogP contribution is 2.34. The van der Waals surface area contributed by atoms with E-state index in [9.17, 15) is 0 Å². The predicted octanol–water partition coefficient (Wildman–Crippen LogP) is 3.61. The van der Waals surface area contributed by atoms with E-state index < -0.39 is 0 Å². The first-order chi connectivity index (χ1) is 9.05. The molecule has 2 aromatic rings. The number of aromatic nitrogens is 1. The Morgan fingerprint density at radius 2 is 2.11 bits per heavy atom. The van der Waals surface area contributed by atoms with Crippen molar-refractivity contribution in [3.8, 4) is 0 Å². The minimum Gasteiger partial charge on any atom is -0.316 e. The summed E-state index contributed by atoms with van der Waals surface area (Å²) < 4.78 is 0. The maximum absolute atomic E-state index is 4.32. The molecule has 1 aliphatic heterocycles. The van der Waals surface area contributed by atoms with Crippen molar-refractivity contribution >= 4 is 10.8 Å². The molecule has 1 N–H and O–H groups in total. The number of nitrogens with one attached hydrogen (secondary N) is 1. The van der Waals surface area contributed by atoms with Crippen LogP contribution in [0.2, 0.25) is 0 Å². The van der Waals surface area contributed by atoms with Crippen LogP contribution in [0.3, 0.4) is 0 Å². The monoisotopic (exact) mass is 254 g/mol. The highest BCUT2D eigenvalue weighted by Gasteiger charge is 2.22. The fourth-order valence-corrected chi connectivity index (χ4v) is 2.92. The van der Waals surface area contributed by atoms with E-state index in [1.807, 2.05) is 12.4 Å². The van der Waals surface area contributed by atoms with Gasteiger partial charge in [0.15, 0.2) is 0 Å². The molecular weight excluding hydrogens is 232 g/mol. The molecule has 19 heavy (non-hydrogen) atoms. The Hall–Kier alpha value is -1.41. The van der Waals surface area contributed by atoms with Crippen molar-refractivity contribution in [2.24, 2.45) is 0 Å². The zero-order chi connectivity index (χ0) is 13.5. The van der Waals surface area contributed by atoms with E-state index in [1.54, 1.807) is 0 Å². The standard InChI is InChI=1S/C17H22N2/c1-17(2,3)14-8-12-4-6-19-11-16(12)15(9-14)13-5-7-18-10-13/h4,6,8-9,11,13,18H,5,7,10H2,1-3H3. The van der Waals surface area contributed by atoms with Crippen LogP contribution in [0.15, 0.2) is 30.6 Å². The van der Waals surface area contributed by atoms with Crippen LogP contribution < -0.4 is 5.32 Å². The Kier molecular flexibility index (Phi) is 3.06. The van der Waals surface area contributed by atoms with Gasteiger partial charge in [-0.3, -0.25) is 4.98 Å². The summed E-state index contributed by atoms with van der Waals surface area (Å²) in [6, 6.07) is 6.86.